The van der Waals surface area contributed by atoms with Gasteiger partial charge in [-0.3, -0.25) is 14.4 Å². The molecule has 180 valence electrons. The van der Waals surface area contributed by atoms with E-state index in [1.54, 1.807) is 68.8 Å². The molecule has 1 atom stereocenters. The van der Waals surface area contributed by atoms with Crippen LogP contribution in [0.25, 0.3) is 0 Å². The van der Waals surface area contributed by atoms with Gasteiger partial charge in [0, 0.05) is 17.1 Å². The summed E-state index contributed by atoms with van der Waals surface area (Å²) in [7, 11) is 3.12. The van der Waals surface area contributed by atoms with Gasteiger partial charge in [0.2, 0.25) is 5.91 Å². The minimum absolute atomic E-state index is 0.0843. The van der Waals surface area contributed by atoms with E-state index < -0.39 is 11.9 Å². The molecule has 3 amide bonds. The van der Waals surface area contributed by atoms with Gasteiger partial charge >= 0.3 is 0 Å². The summed E-state index contributed by atoms with van der Waals surface area (Å²) in [5.74, 6) is 0.0635. The smallest absolute Gasteiger partial charge is 0.257 e. The third-order valence-corrected chi connectivity index (χ3v) is 6.21. The summed E-state index contributed by atoms with van der Waals surface area (Å²) >= 11 is 5.99. The van der Waals surface area contributed by atoms with E-state index in [9.17, 15) is 14.4 Å². The Morgan fingerprint density at radius 1 is 0.971 bits per heavy atom. The second-order valence-corrected chi connectivity index (χ2v) is 8.50. The number of hydrogen-bond acceptors (Lipinski definition) is 5. The molecule has 1 unspecified atom stereocenters. The van der Waals surface area contributed by atoms with Gasteiger partial charge in [0.15, 0.2) is 11.5 Å². The normalized spacial score (nSPS) is 15.3. The number of ether oxygens (including phenoxy) is 2. The quantitative estimate of drug-likeness (QED) is 0.436. The number of carbonyl (C=O) groups excluding carboxylic acids is 3. The van der Waals surface area contributed by atoms with E-state index in [0.29, 0.717) is 34.2 Å². The van der Waals surface area contributed by atoms with Crippen molar-refractivity contribution in [3.05, 3.63) is 88.9 Å². The van der Waals surface area contributed by atoms with Crippen LogP contribution in [-0.2, 0) is 16.0 Å². The molecule has 3 aromatic carbocycles. The topological polar surface area (TPSA) is 76.2 Å². The second-order valence-electron chi connectivity index (χ2n) is 8.07. The fourth-order valence-corrected chi connectivity index (χ4v) is 4.28. The maximum absolute atomic E-state index is 13.5. The van der Waals surface area contributed by atoms with E-state index in [4.69, 9.17) is 21.1 Å². The Labute approximate surface area is 208 Å². The van der Waals surface area contributed by atoms with E-state index in [2.05, 4.69) is 0 Å². The molecule has 8 heteroatoms. The Bertz CT molecular complexity index is 1230. The monoisotopic (exact) mass is 492 g/mol. The molecule has 0 N–H and O–H groups in total. The van der Waals surface area contributed by atoms with Crippen molar-refractivity contribution in [2.75, 3.05) is 25.7 Å². The number of imide groups is 1. The molecule has 35 heavy (non-hydrogen) atoms. The van der Waals surface area contributed by atoms with Gasteiger partial charge in [-0.05, 0) is 60.5 Å². The zero-order chi connectivity index (χ0) is 24.9. The molecule has 1 aliphatic rings. The van der Waals surface area contributed by atoms with Gasteiger partial charge in [0.25, 0.3) is 11.8 Å². The highest BCUT2D eigenvalue weighted by molar-refractivity contribution is 6.30. The Kier molecular flexibility index (Phi) is 7.36. The highest BCUT2D eigenvalue weighted by atomic mass is 35.5. The average Bonchev–Trinajstić information content (AvgIpc) is 3.18. The van der Waals surface area contributed by atoms with E-state index in [1.807, 2.05) is 18.2 Å². The average molecular weight is 493 g/mol. The summed E-state index contributed by atoms with van der Waals surface area (Å²) in [5, 5.41) is 0.501. The largest absolute Gasteiger partial charge is 0.493 e. The fraction of sp³-hybridized carbons (Fsp3) is 0.222. The molecule has 0 aliphatic carbocycles. The van der Waals surface area contributed by atoms with Crippen molar-refractivity contribution in [1.82, 2.24) is 4.90 Å². The van der Waals surface area contributed by atoms with Crippen LogP contribution in [-0.4, -0.2) is 49.4 Å². The van der Waals surface area contributed by atoms with E-state index >= 15 is 0 Å². The van der Waals surface area contributed by atoms with Crippen LogP contribution >= 0.6 is 11.6 Å². The van der Waals surface area contributed by atoms with Gasteiger partial charge in [-0.25, -0.2) is 4.90 Å². The predicted molar refractivity (Wildman–Crippen MR) is 133 cm³/mol. The van der Waals surface area contributed by atoms with Gasteiger partial charge < -0.3 is 14.4 Å². The van der Waals surface area contributed by atoms with Crippen molar-refractivity contribution >= 4 is 35.0 Å². The van der Waals surface area contributed by atoms with Gasteiger partial charge in [0.05, 0.1) is 26.3 Å². The number of carbonyl (C=O) groups is 3. The molecule has 1 heterocycles. The Morgan fingerprint density at radius 3 is 2.31 bits per heavy atom. The second kappa shape index (κ2) is 10.6. The highest BCUT2D eigenvalue weighted by Gasteiger charge is 2.44. The van der Waals surface area contributed by atoms with Crippen LogP contribution in [0.2, 0.25) is 5.02 Å². The van der Waals surface area contributed by atoms with Crippen LogP contribution in [0.1, 0.15) is 22.3 Å². The van der Waals surface area contributed by atoms with Crippen molar-refractivity contribution in [1.29, 1.82) is 0 Å². The minimum atomic E-state index is -0.911. The number of benzene rings is 3. The lowest BCUT2D eigenvalue weighted by atomic mass is 10.1. The molecule has 1 fully saturated rings. The summed E-state index contributed by atoms with van der Waals surface area (Å²) in [6.07, 6.45) is 0.363. The first-order valence-corrected chi connectivity index (χ1v) is 11.5. The van der Waals surface area contributed by atoms with E-state index in [1.165, 1.54) is 4.90 Å². The molecule has 1 saturated heterocycles. The third kappa shape index (κ3) is 5.15. The van der Waals surface area contributed by atoms with E-state index in [-0.39, 0.29) is 24.8 Å². The summed E-state index contributed by atoms with van der Waals surface area (Å²) < 4.78 is 10.7. The van der Waals surface area contributed by atoms with Crippen LogP contribution in [0.3, 0.4) is 0 Å². The first kappa shape index (κ1) is 24.3. The first-order chi connectivity index (χ1) is 16.9. The van der Waals surface area contributed by atoms with Crippen molar-refractivity contribution in [2.45, 2.75) is 18.9 Å². The number of para-hydroxylation sites is 1. The number of hydrogen-bond donors (Lipinski definition) is 0. The molecule has 0 bridgehead atoms. The van der Waals surface area contributed by atoms with Crippen LogP contribution < -0.4 is 14.4 Å². The lowest BCUT2D eigenvalue weighted by Gasteiger charge is -2.28. The maximum atomic E-state index is 13.5. The molecule has 0 saturated carbocycles. The molecule has 0 spiro atoms. The Hall–Kier alpha value is -3.84. The summed E-state index contributed by atoms with van der Waals surface area (Å²) in [6, 6.07) is 19.8. The molecule has 1 aliphatic heterocycles. The number of anilines is 1. The van der Waals surface area contributed by atoms with Crippen LogP contribution in [0.4, 0.5) is 5.69 Å². The maximum Gasteiger partial charge on any atom is 0.257 e. The number of methoxy groups -OCH3 is 2. The van der Waals surface area contributed by atoms with Gasteiger partial charge in [-0.2, -0.15) is 0 Å². The summed E-state index contributed by atoms with van der Waals surface area (Å²) in [6.45, 7) is 0.225. The highest BCUT2D eigenvalue weighted by Crippen LogP contribution is 2.29. The lowest BCUT2D eigenvalue weighted by Crippen LogP contribution is -2.46. The molecule has 7 nitrogen and oxygen atoms in total. The Morgan fingerprint density at radius 2 is 1.66 bits per heavy atom. The molecule has 0 aromatic heterocycles. The molecular formula is C27H25ClN2O5. The number of halogens is 1. The predicted octanol–water partition coefficient (Wildman–Crippen LogP) is 4.37. The third-order valence-electron chi connectivity index (χ3n) is 5.95. The van der Waals surface area contributed by atoms with Crippen LogP contribution in [0, 0.1) is 0 Å². The standard InChI is InChI=1S/C27H25ClN2O5/c1-34-23-13-8-18(16-24(23)35-2)14-15-29(26(32)19-9-11-20(28)12-10-19)22-17-25(31)30(27(22)33)21-6-4-3-5-7-21/h3-13,16,22H,14-15,17H2,1-2H3. The number of nitrogens with zero attached hydrogens (tertiary/aromatic N) is 2. The zero-order valence-corrected chi connectivity index (χ0v) is 20.2. The molecule has 3 aromatic rings. The van der Waals surface area contributed by atoms with Crippen molar-refractivity contribution in [3.63, 3.8) is 0 Å². The van der Waals surface area contributed by atoms with Crippen molar-refractivity contribution in [2.24, 2.45) is 0 Å². The van der Waals surface area contributed by atoms with Crippen LogP contribution in [0.5, 0.6) is 11.5 Å². The first-order valence-electron chi connectivity index (χ1n) is 11.1. The molecule has 4 rings (SSSR count). The summed E-state index contributed by atoms with van der Waals surface area (Å²) in [4.78, 5) is 42.4. The van der Waals surface area contributed by atoms with Gasteiger partial charge in [-0.15, -0.1) is 0 Å². The minimum Gasteiger partial charge on any atom is -0.493 e. The summed E-state index contributed by atoms with van der Waals surface area (Å²) in [5.41, 5.74) is 1.78. The SMILES string of the molecule is COc1ccc(CCN(C(=O)c2ccc(Cl)cc2)C2CC(=O)N(c3ccccc3)C2=O)cc1OC. The number of amides is 3. The van der Waals surface area contributed by atoms with E-state index in [0.717, 1.165) is 10.5 Å². The zero-order valence-electron chi connectivity index (χ0n) is 19.4. The van der Waals surface area contributed by atoms with Gasteiger partial charge in [-0.1, -0.05) is 35.9 Å². The number of rotatable bonds is 8. The Balaban J connectivity index is 1.63. The lowest BCUT2D eigenvalue weighted by molar-refractivity contribution is -0.122. The molecular weight excluding hydrogens is 468 g/mol. The molecule has 0 radical (unpaired) electrons. The van der Waals surface area contributed by atoms with Crippen molar-refractivity contribution < 1.29 is 23.9 Å². The fourth-order valence-electron chi connectivity index (χ4n) is 4.15. The van der Waals surface area contributed by atoms with Crippen molar-refractivity contribution in [3.8, 4) is 11.5 Å². The van der Waals surface area contributed by atoms with Gasteiger partial charge in [0.1, 0.15) is 6.04 Å². The van der Waals surface area contributed by atoms with Crippen LogP contribution in [0.15, 0.2) is 72.8 Å².